The molecule has 0 amide bonds. The number of rotatable bonds is 2. The van der Waals surface area contributed by atoms with Gasteiger partial charge >= 0.3 is 0 Å². The monoisotopic (exact) mass is 275 g/mol. The number of hydrogen-bond acceptors (Lipinski definition) is 2. The van der Waals surface area contributed by atoms with Gasteiger partial charge in [-0.1, -0.05) is 19.3 Å². The molecule has 0 heterocycles. The van der Waals surface area contributed by atoms with Gasteiger partial charge in [0.25, 0.3) is 0 Å². The number of benzene rings is 1. The van der Waals surface area contributed by atoms with Crippen molar-refractivity contribution in [3.63, 3.8) is 0 Å². The molecule has 0 aromatic heterocycles. The Morgan fingerprint density at radius 2 is 1.68 bits per heavy atom. The molecule has 2 aliphatic rings. The van der Waals surface area contributed by atoms with Crippen LogP contribution in [0.3, 0.4) is 0 Å². The Labute approximate surface area is 118 Å². The van der Waals surface area contributed by atoms with Crippen LogP contribution in [0.5, 0.6) is 0 Å². The number of thioether (sulfide) groups is 1. The predicted octanol–water partition coefficient (Wildman–Crippen LogP) is 4.92. The summed E-state index contributed by atoms with van der Waals surface area (Å²) < 4.78 is 12.6. The summed E-state index contributed by atoms with van der Waals surface area (Å²) in [5.41, 5.74) is 0.445. The van der Waals surface area contributed by atoms with Crippen molar-refractivity contribution in [2.24, 2.45) is 5.41 Å². The molecule has 19 heavy (non-hydrogen) atoms. The zero-order chi connectivity index (χ0) is 13.3. The third kappa shape index (κ3) is 2.51. The molecule has 2 fully saturated rings. The molecule has 3 rings (SSSR count). The van der Waals surface area contributed by atoms with E-state index in [1.807, 2.05) is 0 Å². The minimum Gasteiger partial charge on any atom is -0.207 e. The maximum Gasteiger partial charge on any atom is 0.123 e. The molecule has 1 aromatic rings. The molecule has 1 spiro atoms. The van der Waals surface area contributed by atoms with Gasteiger partial charge in [0.1, 0.15) is 10.6 Å². The highest BCUT2D eigenvalue weighted by Gasteiger charge is 2.55. The first-order chi connectivity index (χ1) is 9.15. The molecular weight excluding hydrogens is 257 g/mol. The molecule has 0 saturated heterocycles. The summed E-state index contributed by atoms with van der Waals surface area (Å²) in [6, 6.07) is 9.03. The molecule has 0 unspecified atom stereocenters. The Morgan fingerprint density at radius 3 is 2.26 bits per heavy atom. The van der Waals surface area contributed by atoms with E-state index in [0.717, 1.165) is 17.7 Å². The van der Waals surface area contributed by atoms with Crippen LogP contribution in [0.1, 0.15) is 44.9 Å². The second-order valence-electron chi connectivity index (χ2n) is 6.08. The van der Waals surface area contributed by atoms with E-state index in [2.05, 4.69) is 6.07 Å². The van der Waals surface area contributed by atoms with Crippen LogP contribution in [0.4, 0.5) is 4.39 Å². The van der Waals surface area contributed by atoms with Crippen molar-refractivity contribution >= 4 is 11.8 Å². The number of nitriles is 1. The fourth-order valence-electron chi connectivity index (χ4n) is 3.72. The average molecular weight is 275 g/mol. The zero-order valence-corrected chi connectivity index (χ0v) is 11.8. The van der Waals surface area contributed by atoms with E-state index in [4.69, 9.17) is 0 Å². The topological polar surface area (TPSA) is 23.8 Å². The van der Waals surface area contributed by atoms with Crippen molar-refractivity contribution in [3.05, 3.63) is 30.1 Å². The Balaban J connectivity index is 1.69. The van der Waals surface area contributed by atoms with E-state index in [1.165, 1.54) is 44.2 Å². The van der Waals surface area contributed by atoms with Gasteiger partial charge in [-0.3, -0.25) is 0 Å². The highest BCUT2D eigenvalue weighted by atomic mass is 32.2. The second kappa shape index (κ2) is 4.83. The Bertz CT molecular complexity index is 488. The maximum atomic E-state index is 12.9. The van der Waals surface area contributed by atoms with Crippen LogP contribution in [0.2, 0.25) is 0 Å². The van der Waals surface area contributed by atoms with Gasteiger partial charge in [-0.2, -0.15) is 5.26 Å². The van der Waals surface area contributed by atoms with Crippen molar-refractivity contribution in [3.8, 4) is 6.07 Å². The van der Waals surface area contributed by atoms with Crippen LogP contribution >= 0.6 is 11.8 Å². The molecule has 0 bridgehead atoms. The third-order valence-corrected chi connectivity index (χ3v) is 5.84. The molecule has 2 saturated carbocycles. The largest absolute Gasteiger partial charge is 0.207 e. The molecule has 2 aliphatic carbocycles. The number of nitrogens with zero attached hydrogens (tertiary/aromatic N) is 1. The van der Waals surface area contributed by atoms with Crippen LogP contribution in [0.15, 0.2) is 29.2 Å². The molecule has 100 valence electrons. The normalized spacial score (nSPS) is 23.6. The first kappa shape index (κ1) is 13.0. The van der Waals surface area contributed by atoms with Crippen LogP contribution < -0.4 is 0 Å². The predicted molar refractivity (Wildman–Crippen MR) is 75.4 cm³/mol. The number of halogens is 1. The van der Waals surface area contributed by atoms with Crippen LogP contribution in [0, 0.1) is 22.6 Å². The summed E-state index contributed by atoms with van der Waals surface area (Å²) in [5, 5.41) is 9.52. The lowest BCUT2D eigenvalue weighted by Crippen LogP contribution is -2.49. The summed E-state index contributed by atoms with van der Waals surface area (Å²) in [6.07, 6.45) is 8.61. The SMILES string of the molecule is N#CC1(Sc2ccc(F)cc2)CC2(CCCCC2)C1. The molecule has 0 atom stereocenters. The van der Waals surface area contributed by atoms with Gasteiger partial charge in [0.2, 0.25) is 0 Å². The lowest BCUT2D eigenvalue weighted by molar-refractivity contribution is 0.0593. The van der Waals surface area contributed by atoms with E-state index in [-0.39, 0.29) is 10.6 Å². The Hall–Kier alpha value is -1.01. The van der Waals surface area contributed by atoms with Crippen LogP contribution in [-0.2, 0) is 0 Å². The number of hydrogen-bond donors (Lipinski definition) is 0. The molecule has 1 aromatic carbocycles. The van der Waals surface area contributed by atoms with Crippen LogP contribution in [-0.4, -0.2) is 4.75 Å². The molecular formula is C16H18FNS. The summed E-state index contributed by atoms with van der Waals surface area (Å²) in [6.45, 7) is 0. The summed E-state index contributed by atoms with van der Waals surface area (Å²) in [7, 11) is 0. The van der Waals surface area contributed by atoms with Crippen molar-refractivity contribution in [2.45, 2.75) is 54.6 Å². The highest BCUT2D eigenvalue weighted by Crippen LogP contribution is 2.62. The van der Waals surface area contributed by atoms with Crippen molar-refractivity contribution < 1.29 is 4.39 Å². The van der Waals surface area contributed by atoms with Gasteiger partial charge in [-0.05, 0) is 55.4 Å². The average Bonchev–Trinajstić information content (AvgIpc) is 2.40. The molecule has 1 nitrogen and oxygen atoms in total. The highest BCUT2D eigenvalue weighted by molar-refractivity contribution is 8.01. The molecule has 3 heteroatoms. The summed E-state index contributed by atoms with van der Waals surface area (Å²) in [5.74, 6) is -0.215. The lowest BCUT2D eigenvalue weighted by Gasteiger charge is -2.54. The van der Waals surface area contributed by atoms with Gasteiger partial charge in [0.15, 0.2) is 0 Å². The van der Waals surface area contributed by atoms with Crippen molar-refractivity contribution in [1.29, 1.82) is 5.26 Å². The second-order valence-corrected chi connectivity index (χ2v) is 7.53. The maximum absolute atomic E-state index is 12.9. The molecule has 0 aliphatic heterocycles. The lowest BCUT2D eigenvalue weighted by atomic mass is 9.56. The zero-order valence-electron chi connectivity index (χ0n) is 11.0. The standard InChI is InChI=1S/C16H18FNS/c17-13-4-6-14(7-5-13)19-16(12-18)10-15(11-16)8-2-1-3-9-15/h4-7H,1-3,8-11H2. The van der Waals surface area contributed by atoms with Crippen molar-refractivity contribution in [2.75, 3.05) is 0 Å². The fraction of sp³-hybridized carbons (Fsp3) is 0.562. The molecule has 0 N–H and O–H groups in total. The third-order valence-electron chi connectivity index (χ3n) is 4.57. The fourth-order valence-corrected chi connectivity index (χ4v) is 5.24. The minimum absolute atomic E-state index is 0.215. The van der Waals surface area contributed by atoms with E-state index in [1.54, 1.807) is 23.9 Å². The first-order valence-electron chi connectivity index (χ1n) is 7.01. The quantitative estimate of drug-likeness (QED) is 0.764. The van der Waals surface area contributed by atoms with Gasteiger partial charge in [0.05, 0.1) is 6.07 Å². The van der Waals surface area contributed by atoms with E-state index < -0.39 is 0 Å². The summed E-state index contributed by atoms with van der Waals surface area (Å²) in [4.78, 5) is 1.01. The van der Waals surface area contributed by atoms with Gasteiger partial charge in [0, 0.05) is 4.90 Å². The van der Waals surface area contributed by atoms with Crippen molar-refractivity contribution in [1.82, 2.24) is 0 Å². The summed E-state index contributed by atoms with van der Waals surface area (Å²) >= 11 is 1.63. The molecule has 0 radical (unpaired) electrons. The minimum atomic E-state index is -0.269. The Kier molecular flexibility index (Phi) is 3.30. The van der Waals surface area contributed by atoms with Gasteiger partial charge < -0.3 is 0 Å². The Morgan fingerprint density at radius 1 is 1.05 bits per heavy atom. The van der Waals surface area contributed by atoms with Crippen LogP contribution in [0.25, 0.3) is 0 Å². The van der Waals surface area contributed by atoms with Gasteiger partial charge in [-0.15, -0.1) is 11.8 Å². The van der Waals surface area contributed by atoms with E-state index in [0.29, 0.717) is 5.41 Å². The first-order valence-corrected chi connectivity index (χ1v) is 7.83. The van der Waals surface area contributed by atoms with Gasteiger partial charge in [-0.25, -0.2) is 4.39 Å². The van der Waals surface area contributed by atoms with E-state index >= 15 is 0 Å². The smallest absolute Gasteiger partial charge is 0.123 e. The van der Waals surface area contributed by atoms with E-state index in [9.17, 15) is 9.65 Å².